The number of aromatic nitrogens is 3. The quantitative estimate of drug-likeness (QED) is 0.430. The first-order valence-corrected chi connectivity index (χ1v) is 10.9. The van der Waals surface area contributed by atoms with E-state index >= 15 is 0 Å². The van der Waals surface area contributed by atoms with Crippen molar-refractivity contribution in [3.8, 4) is 17.8 Å². The van der Waals surface area contributed by atoms with Crippen LogP contribution in [-0.2, 0) is 9.73 Å². The van der Waals surface area contributed by atoms with Crippen molar-refractivity contribution in [3.05, 3.63) is 90.3 Å². The average molecular weight is 432 g/mol. The van der Waals surface area contributed by atoms with Gasteiger partial charge in [-0.25, -0.2) is 14.0 Å². The van der Waals surface area contributed by atoms with Gasteiger partial charge in [-0.2, -0.15) is 15.0 Å². The normalized spacial score (nSPS) is 14.0. The van der Waals surface area contributed by atoms with Crippen molar-refractivity contribution in [1.82, 2.24) is 14.8 Å². The van der Waals surface area contributed by atoms with Crippen LogP contribution in [0.15, 0.2) is 88.8 Å². The van der Waals surface area contributed by atoms with Gasteiger partial charge < -0.3 is 5.11 Å². The van der Waals surface area contributed by atoms with E-state index in [2.05, 4.69) is 16.7 Å². The van der Waals surface area contributed by atoms with Crippen LogP contribution in [0.3, 0.4) is 0 Å². The first-order valence-electron chi connectivity index (χ1n) is 9.30. The molecule has 156 valence electrons. The largest absolute Gasteiger partial charge is 0.493 e. The molecule has 1 unspecified atom stereocenters. The third-order valence-electron chi connectivity index (χ3n) is 4.64. The van der Waals surface area contributed by atoms with E-state index in [9.17, 15) is 9.32 Å². The van der Waals surface area contributed by atoms with Gasteiger partial charge in [0.2, 0.25) is 5.88 Å². The summed E-state index contributed by atoms with van der Waals surface area (Å²) in [4.78, 5) is 4.93. The second-order valence-electron chi connectivity index (χ2n) is 6.70. The molecule has 0 bridgehead atoms. The number of hydrogen-bond acceptors (Lipinski definition) is 6. The summed E-state index contributed by atoms with van der Waals surface area (Å²) in [5.74, 6) is 0.220. The Bertz CT molecular complexity index is 1330. The topological polar surface area (TPSA) is 116 Å². The summed E-state index contributed by atoms with van der Waals surface area (Å²) in [7, 11) is -3.19. The van der Waals surface area contributed by atoms with Gasteiger partial charge in [0.25, 0.3) is 0 Å². The van der Waals surface area contributed by atoms with Crippen LogP contribution in [0.25, 0.3) is 11.4 Å². The lowest BCUT2D eigenvalue weighted by molar-refractivity contribution is 0.430. The Kier molecular flexibility index (Phi) is 6.18. The smallest absolute Gasteiger partial charge is 0.223 e. The summed E-state index contributed by atoms with van der Waals surface area (Å²) in [5, 5.41) is 24.1. The lowest BCUT2D eigenvalue weighted by Gasteiger charge is -2.09. The Balaban J connectivity index is 1.98. The van der Waals surface area contributed by atoms with Gasteiger partial charge in [0, 0.05) is 6.20 Å². The summed E-state index contributed by atoms with van der Waals surface area (Å²) >= 11 is 0. The Morgan fingerprint density at radius 2 is 1.94 bits per heavy atom. The molecule has 2 aromatic heterocycles. The number of benzene rings is 1. The number of nitrogens with one attached hydrogen (secondary N) is 1. The summed E-state index contributed by atoms with van der Waals surface area (Å²) in [6.07, 6.45) is 6.13. The van der Waals surface area contributed by atoms with Crippen molar-refractivity contribution in [3.63, 3.8) is 0 Å². The molecule has 7 nitrogen and oxygen atoms in total. The third-order valence-corrected chi connectivity index (χ3v) is 6.48. The fourth-order valence-electron chi connectivity index (χ4n) is 3.00. The molecule has 0 aliphatic rings. The molecular weight excluding hydrogens is 410 g/mol. The number of aromatic hydroxyl groups is 1. The number of allylic oxidation sites excluding steroid dienone is 5. The van der Waals surface area contributed by atoms with Crippen LogP contribution in [0.4, 0.5) is 0 Å². The molecule has 0 spiro atoms. The van der Waals surface area contributed by atoms with E-state index in [0.29, 0.717) is 33.1 Å². The van der Waals surface area contributed by atoms with E-state index in [4.69, 9.17) is 10.0 Å². The maximum absolute atomic E-state index is 12.9. The fourth-order valence-corrected chi connectivity index (χ4v) is 4.28. The number of hydrogen-bond donors (Lipinski definition) is 2. The van der Waals surface area contributed by atoms with Gasteiger partial charge in [0.05, 0.1) is 32.7 Å². The first-order chi connectivity index (χ1) is 14.8. The lowest BCUT2D eigenvalue weighted by Crippen LogP contribution is -2.03. The van der Waals surface area contributed by atoms with E-state index in [-0.39, 0.29) is 10.8 Å². The molecule has 0 aliphatic carbocycles. The van der Waals surface area contributed by atoms with Gasteiger partial charge in [-0.15, -0.1) is 0 Å². The van der Waals surface area contributed by atoms with Gasteiger partial charge in [-0.3, -0.25) is 0 Å². The van der Waals surface area contributed by atoms with Gasteiger partial charge >= 0.3 is 0 Å². The van der Waals surface area contributed by atoms with Crippen molar-refractivity contribution >= 4 is 15.3 Å². The molecular formula is C23H21N5O2S. The van der Waals surface area contributed by atoms with Crippen LogP contribution in [0.5, 0.6) is 5.88 Å². The Labute approximate surface area is 181 Å². The molecule has 0 saturated carbocycles. The van der Waals surface area contributed by atoms with Crippen LogP contribution < -0.4 is 0 Å². The SMILES string of the molecule is C=C/C(C#N)=C\C=C(/C)c1c(C)nn(-c2ccc(S(=N)(=O)c3ccccc3)cn2)c1O. The molecule has 3 aromatic rings. The number of nitrogens with zero attached hydrogens (tertiary/aromatic N) is 4. The van der Waals surface area contributed by atoms with E-state index in [1.54, 1.807) is 68.5 Å². The summed E-state index contributed by atoms with van der Waals surface area (Å²) in [6, 6.07) is 13.7. The van der Waals surface area contributed by atoms with Crippen LogP contribution >= 0.6 is 0 Å². The molecule has 31 heavy (non-hydrogen) atoms. The molecule has 2 N–H and O–H groups in total. The molecule has 8 heteroatoms. The summed E-state index contributed by atoms with van der Waals surface area (Å²) in [5.41, 5.74) is 2.22. The highest BCUT2D eigenvalue weighted by Crippen LogP contribution is 2.31. The summed E-state index contributed by atoms with van der Waals surface area (Å²) < 4.78 is 22.5. The van der Waals surface area contributed by atoms with Gasteiger partial charge in [0.15, 0.2) is 5.82 Å². The maximum Gasteiger partial charge on any atom is 0.223 e. The molecule has 3 rings (SSSR count). The first kappa shape index (κ1) is 21.7. The van der Waals surface area contributed by atoms with Crippen molar-refractivity contribution in [1.29, 1.82) is 10.0 Å². The minimum absolute atomic E-state index is 0.105. The minimum atomic E-state index is -3.19. The zero-order valence-corrected chi connectivity index (χ0v) is 17.9. The fraction of sp³-hybridized carbons (Fsp3) is 0.0870. The van der Waals surface area contributed by atoms with Gasteiger partial charge in [-0.1, -0.05) is 36.9 Å². The Morgan fingerprint density at radius 1 is 1.23 bits per heavy atom. The number of pyridine rings is 1. The highest BCUT2D eigenvalue weighted by Gasteiger charge is 2.19. The predicted octanol–water partition coefficient (Wildman–Crippen LogP) is 4.79. The van der Waals surface area contributed by atoms with Crippen molar-refractivity contribution in [2.24, 2.45) is 0 Å². The van der Waals surface area contributed by atoms with Crippen LogP contribution in [-0.4, -0.2) is 24.1 Å². The number of nitriles is 1. The maximum atomic E-state index is 12.9. The molecule has 0 radical (unpaired) electrons. The van der Waals surface area contributed by atoms with Crippen molar-refractivity contribution in [2.45, 2.75) is 23.6 Å². The molecule has 0 fully saturated rings. The van der Waals surface area contributed by atoms with E-state index in [0.717, 1.165) is 0 Å². The van der Waals surface area contributed by atoms with Crippen LogP contribution in [0.1, 0.15) is 18.2 Å². The van der Waals surface area contributed by atoms with E-state index < -0.39 is 9.73 Å². The highest BCUT2D eigenvalue weighted by molar-refractivity contribution is 7.92. The van der Waals surface area contributed by atoms with Crippen molar-refractivity contribution < 1.29 is 9.32 Å². The van der Waals surface area contributed by atoms with Crippen LogP contribution in [0, 0.1) is 23.0 Å². The monoisotopic (exact) mass is 431 g/mol. The third kappa shape index (κ3) is 4.32. The summed E-state index contributed by atoms with van der Waals surface area (Å²) in [6.45, 7) is 7.13. The zero-order valence-electron chi connectivity index (χ0n) is 17.1. The highest BCUT2D eigenvalue weighted by atomic mass is 32.2. The van der Waals surface area contributed by atoms with Gasteiger partial charge in [-0.05, 0) is 49.8 Å². The Morgan fingerprint density at radius 3 is 2.52 bits per heavy atom. The molecule has 0 aliphatic heterocycles. The molecule has 1 atom stereocenters. The predicted molar refractivity (Wildman–Crippen MR) is 119 cm³/mol. The minimum Gasteiger partial charge on any atom is -0.493 e. The van der Waals surface area contributed by atoms with Gasteiger partial charge in [0.1, 0.15) is 9.73 Å². The average Bonchev–Trinajstić information content (AvgIpc) is 3.09. The molecule has 0 saturated heterocycles. The molecule has 1 aromatic carbocycles. The zero-order chi connectivity index (χ0) is 22.6. The number of rotatable bonds is 6. The van der Waals surface area contributed by atoms with Crippen LogP contribution in [0.2, 0.25) is 0 Å². The lowest BCUT2D eigenvalue weighted by atomic mass is 10.1. The second kappa shape index (κ2) is 8.81. The van der Waals surface area contributed by atoms with Crippen molar-refractivity contribution in [2.75, 3.05) is 0 Å². The van der Waals surface area contributed by atoms with E-state index in [1.165, 1.54) is 17.0 Å². The van der Waals surface area contributed by atoms with E-state index in [1.807, 2.05) is 6.07 Å². The molecule has 2 heterocycles. The molecule has 0 amide bonds. The number of aryl methyl sites for hydroxylation is 1. The standard InChI is InChI=1S/C23H21N5O2S/c1-4-18(14-24)11-10-16(2)22-17(3)27-28(23(22)29)21-13-12-20(15-26-21)31(25,30)19-8-6-5-7-9-19/h4-13,15,25,29H,1H2,2-3H3/b16-10+,18-11+. The Hall–Kier alpha value is -3.96. The second-order valence-corrected chi connectivity index (χ2v) is 8.76.